The number of nitrogens with zero attached hydrogens (tertiary/aromatic N) is 1. The van der Waals surface area contributed by atoms with Gasteiger partial charge in [0.1, 0.15) is 0 Å². The average Bonchev–Trinajstić information content (AvgIpc) is 2.19. The molecule has 0 saturated heterocycles. The van der Waals surface area contributed by atoms with E-state index in [-0.39, 0.29) is 24.2 Å². The minimum absolute atomic E-state index is 0.0129. The first kappa shape index (κ1) is 12.5. The SMILES string of the molecule is Cc1c(C(F)F)cc(CC(=O)O)nc1CN. The fraction of sp³-hybridized carbons (Fsp3) is 0.400. The van der Waals surface area contributed by atoms with Crippen LogP contribution in [-0.4, -0.2) is 16.1 Å². The summed E-state index contributed by atoms with van der Waals surface area (Å²) < 4.78 is 25.3. The molecule has 0 saturated carbocycles. The second kappa shape index (κ2) is 4.98. The normalized spacial score (nSPS) is 10.8. The van der Waals surface area contributed by atoms with E-state index >= 15 is 0 Å². The Labute approximate surface area is 91.1 Å². The van der Waals surface area contributed by atoms with Gasteiger partial charge in [0.2, 0.25) is 0 Å². The first-order chi connectivity index (χ1) is 7.45. The predicted octanol–water partition coefficient (Wildman–Crippen LogP) is 1.41. The number of aliphatic carboxylic acids is 1. The van der Waals surface area contributed by atoms with Gasteiger partial charge in [-0.1, -0.05) is 0 Å². The van der Waals surface area contributed by atoms with Crippen LogP contribution in [-0.2, 0) is 17.8 Å². The quantitative estimate of drug-likeness (QED) is 0.820. The summed E-state index contributed by atoms with van der Waals surface area (Å²) in [5, 5.41) is 8.57. The lowest BCUT2D eigenvalue weighted by Gasteiger charge is -2.11. The standard InChI is InChI=1S/C10H12F2N2O2/c1-5-7(10(11)12)2-6(3-9(15)16)14-8(5)4-13/h2,10H,3-4,13H2,1H3,(H,15,16). The van der Waals surface area contributed by atoms with Crippen molar-refractivity contribution in [2.45, 2.75) is 26.3 Å². The van der Waals surface area contributed by atoms with Gasteiger partial charge < -0.3 is 10.8 Å². The van der Waals surface area contributed by atoms with Crippen LogP contribution in [0.15, 0.2) is 6.07 Å². The highest BCUT2D eigenvalue weighted by atomic mass is 19.3. The minimum Gasteiger partial charge on any atom is -0.481 e. The van der Waals surface area contributed by atoms with Crippen molar-refractivity contribution in [1.82, 2.24) is 4.98 Å². The summed E-state index contributed by atoms with van der Waals surface area (Å²) in [5.74, 6) is -1.11. The summed E-state index contributed by atoms with van der Waals surface area (Å²) in [5.41, 5.74) is 5.91. The van der Waals surface area contributed by atoms with Crippen LogP contribution in [0.2, 0.25) is 0 Å². The predicted molar refractivity (Wildman–Crippen MR) is 53.2 cm³/mol. The van der Waals surface area contributed by atoms with Crippen molar-refractivity contribution in [3.8, 4) is 0 Å². The molecular weight excluding hydrogens is 218 g/mol. The Morgan fingerprint density at radius 2 is 2.25 bits per heavy atom. The zero-order valence-corrected chi connectivity index (χ0v) is 8.70. The highest BCUT2D eigenvalue weighted by Crippen LogP contribution is 2.25. The maximum atomic E-state index is 12.6. The molecule has 4 nitrogen and oxygen atoms in total. The number of rotatable bonds is 4. The number of carboxylic acid groups (broad SMARTS) is 1. The Balaban J connectivity index is 3.22. The van der Waals surface area contributed by atoms with Gasteiger partial charge in [0.05, 0.1) is 17.8 Å². The highest BCUT2D eigenvalue weighted by Gasteiger charge is 2.16. The third kappa shape index (κ3) is 2.73. The Morgan fingerprint density at radius 1 is 1.62 bits per heavy atom. The molecule has 1 rings (SSSR count). The molecule has 0 aliphatic carbocycles. The fourth-order valence-corrected chi connectivity index (χ4v) is 1.41. The molecule has 0 bridgehead atoms. The largest absolute Gasteiger partial charge is 0.481 e. The fourth-order valence-electron chi connectivity index (χ4n) is 1.41. The maximum Gasteiger partial charge on any atom is 0.309 e. The lowest BCUT2D eigenvalue weighted by Crippen LogP contribution is -2.11. The van der Waals surface area contributed by atoms with Crippen molar-refractivity contribution in [3.05, 3.63) is 28.6 Å². The second-order valence-electron chi connectivity index (χ2n) is 3.35. The summed E-state index contributed by atoms with van der Waals surface area (Å²) in [4.78, 5) is 14.4. The van der Waals surface area contributed by atoms with Crippen LogP contribution >= 0.6 is 0 Å². The number of carbonyl (C=O) groups is 1. The van der Waals surface area contributed by atoms with Crippen molar-refractivity contribution in [1.29, 1.82) is 0 Å². The van der Waals surface area contributed by atoms with E-state index in [0.717, 1.165) is 6.07 Å². The van der Waals surface area contributed by atoms with Gasteiger partial charge in [-0.15, -0.1) is 0 Å². The van der Waals surface area contributed by atoms with E-state index in [1.165, 1.54) is 6.92 Å². The third-order valence-electron chi connectivity index (χ3n) is 2.23. The van der Waals surface area contributed by atoms with Crippen molar-refractivity contribution in [2.24, 2.45) is 5.73 Å². The van der Waals surface area contributed by atoms with Crippen molar-refractivity contribution >= 4 is 5.97 Å². The number of nitrogens with two attached hydrogens (primary N) is 1. The van der Waals surface area contributed by atoms with Crippen LogP contribution in [0.25, 0.3) is 0 Å². The van der Waals surface area contributed by atoms with E-state index in [1.807, 2.05) is 0 Å². The molecule has 3 N–H and O–H groups in total. The zero-order valence-electron chi connectivity index (χ0n) is 8.70. The van der Waals surface area contributed by atoms with Gasteiger partial charge in [-0.2, -0.15) is 0 Å². The van der Waals surface area contributed by atoms with Gasteiger partial charge >= 0.3 is 5.97 Å². The van der Waals surface area contributed by atoms with Crippen LogP contribution in [0.3, 0.4) is 0 Å². The van der Waals surface area contributed by atoms with Gasteiger partial charge in [0, 0.05) is 12.1 Å². The molecular formula is C10H12F2N2O2. The van der Waals surface area contributed by atoms with E-state index in [4.69, 9.17) is 10.8 Å². The Morgan fingerprint density at radius 3 is 2.69 bits per heavy atom. The van der Waals surface area contributed by atoms with Gasteiger partial charge in [-0.05, 0) is 18.6 Å². The number of hydrogen-bond donors (Lipinski definition) is 2. The van der Waals surface area contributed by atoms with Crippen LogP contribution in [0.1, 0.15) is 28.9 Å². The van der Waals surface area contributed by atoms with Crippen LogP contribution in [0, 0.1) is 6.92 Å². The second-order valence-corrected chi connectivity index (χ2v) is 3.35. The molecule has 16 heavy (non-hydrogen) atoms. The summed E-state index contributed by atoms with van der Waals surface area (Å²) in [6, 6.07) is 1.12. The third-order valence-corrected chi connectivity index (χ3v) is 2.23. The molecule has 0 fully saturated rings. The van der Waals surface area contributed by atoms with E-state index in [2.05, 4.69) is 4.98 Å². The van der Waals surface area contributed by atoms with Crippen molar-refractivity contribution < 1.29 is 18.7 Å². The van der Waals surface area contributed by atoms with Gasteiger partial charge in [0.15, 0.2) is 0 Å². The molecule has 1 aromatic rings. The molecule has 0 atom stereocenters. The molecule has 0 aromatic carbocycles. The smallest absolute Gasteiger partial charge is 0.309 e. The maximum absolute atomic E-state index is 12.6. The zero-order chi connectivity index (χ0) is 12.3. The lowest BCUT2D eigenvalue weighted by molar-refractivity contribution is -0.136. The summed E-state index contributed by atoms with van der Waals surface area (Å²) in [7, 11) is 0. The summed E-state index contributed by atoms with van der Waals surface area (Å²) >= 11 is 0. The minimum atomic E-state index is -2.65. The molecule has 1 aromatic heterocycles. The topological polar surface area (TPSA) is 76.2 Å². The molecule has 1 heterocycles. The molecule has 0 unspecified atom stereocenters. The Hall–Kier alpha value is -1.56. The van der Waals surface area contributed by atoms with Gasteiger partial charge in [0.25, 0.3) is 6.43 Å². The Kier molecular flexibility index (Phi) is 3.89. The average molecular weight is 230 g/mol. The monoisotopic (exact) mass is 230 g/mol. The van der Waals surface area contributed by atoms with Crippen LogP contribution in [0.4, 0.5) is 8.78 Å². The number of alkyl halides is 2. The van der Waals surface area contributed by atoms with Gasteiger partial charge in [-0.25, -0.2) is 8.78 Å². The number of carboxylic acids is 1. The summed E-state index contributed by atoms with van der Waals surface area (Å²) in [6.45, 7) is 1.51. The highest BCUT2D eigenvalue weighted by molar-refractivity contribution is 5.69. The molecule has 0 spiro atoms. The van der Waals surface area contributed by atoms with Crippen LogP contribution < -0.4 is 5.73 Å². The molecule has 6 heteroatoms. The van der Waals surface area contributed by atoms with Crippen molar-refractivity contribution in [3.63, 3.8) is 0 Å². The molecule has 0 aliphatic heterocycles. The van der Waals surface area contributed by atoms with E-state index in [0.29, 0.717) is 11.3 Å². The molecule has 88 valence electrons. The molecule has 0 radical (unpaired) electrons. The van der Waals surface area contributed by atoms with Crippen molar-refractivity contribution in [2.75, 3.05) is 0 Å². The first-order valence-corrected chi connectivity index (χ1v) is 4.65. The van der Waals surface area contributed by atoms with E-state index in [9.17, 15) is 13.6 Å². The lowest BCUT2D eigenvalue weighted by atomic mass is 10.1. The molecule has 0 aliphatic rings. The van der Waals surface area contributed by atoms with E-state index < -0.39 is 12.4 Å². The first-order valence-electron chi connectivity index (χ1n) is 4.65. The molecule has 0 amide bonds. The summed E-state index contributed by atoms with van der Waals surface area (Å²) in [6.07, 6.45) is -3.03. The number of hydrogen-bond acceptors (Lipinski definition) is 3. The number of aromatic nitrogens is 1. The number of pyridine rings is 1. The van der Waals surface area contributed by atoms with Crippen LogP contribution in [0.5, 0.6) is 0 Å². The number of halogens is 2. The van der Waals surface area contributed by atoms with Gasteiger partial charge in [-0.3, -0.25) is 9.78 Å². The Bertz CT molecular complexity index is 408. The van der Waals surface area contributed by atoms with E-state index in [1.54, 1.807) is 0 Å².